The maximum atomic E-state index is 12.6. The Labute approximate surface area is 212 Å². The second kappa shape index (κ2) is 19.6. The molecule has 0 atom stereocenters. The smallest absolute Gasteiger partial charge is 0.339 e. The van der Waals surface area contributed by atoms with Gasteiger partial charge in [0.1, 0.15) is 6.61 Å². The molecule has 0 saturated carbocycles. The van der Waals surface area contributed by atoms with E-state index in [1.165, 1.54) is 36.8 Å². The van der Waals surface area contributed by atoms with Gasteiger partial charge in [0.15, 0.2) is 6.29 Å². The summed E-state index contributed by atoms with van der Waals surface area (Å²) in [7, 11) is 0. The first-order valence-electron chi connectivity index (χ1n) is 13.1. The summed E-state index contributed by atoms with van der Waals surface area (Å²) in [5, 5.41) is 2.94. The van der Waals surface area contributed by atoms with E-state index in [0.717, 1.165) is 44.9 Å². The molecule has 35 heavy (non-hydrogen) atoms. The Morgan fingerprint density at radius 2 is 1.46 bits per heavy atom. The van der Waals surface area contributed by atoms with E-state index >= 15 is 0 Å². The molecule has 5 heteroatoms. The van der Waals surface area contributed by atoms with E-state index in [4.69, 9.17) is 4.74 Å². The summed E-state index contributed by atoms with van der Waals surface area (Å²) in [6.07, 6.45) is 18.6. The molecule has 1 rings (SSSR count). The van der Waals surface area contributed by atoms with Crippen molar-refractivity contribution in [2.75, 3.05) is 13.2 Å². The number of esters is 1. The molecule has 1 amide bonds. The van der Waals surface area contributed by atoms with Crippen LogP contribution in [0.5, 0.6) is 0 Å². The van der Waals surface area contributed by atoms with Crippen molar-refractivity contribution < 1.29 is 19.1 Å². The van der Waals surface area contributed by atoms with E-state index in [0.29, 0.717) is 24.1 Å². The first-order chi connectivity index (χ1) is 17.0. The van der Waals surface area contributed by atoms with Gasteiger partial charge >= 0.3 is 5.97 Å². The van der Waals surface area contributed by atoms with Crippen molar-refractivity contribution >= 4 is 18.2 Å². The van der Waals surface area contributed by atoms with Crippen molar-refractivity contribution in [1.29, 1.82) is 0 Å². The molecule has 0 bridgehead atoms. The Kier molecular flexibility index (Phi) is 17.0. The number of benzene rings is 1. The highest BCUT2D eigenvalue weighted by Gasteiger charge is 2.17. The molecular formula is C30H44NO4. The molecule has 1 N–H and O–H groups in total. The lowest BCUT2D eigenvalue weighted by Gasteiger charge is -2.10. The molecule has 0 spiro atoms. The van der Waals surface area contributed by atoms with Gasteiger partial charge in [-0.25, -0.2) is 4.79 Å². The zero-order valence-electron chi connectivity index (χ0n) is 22.0. The van der Waals surface area contributed by atoms with E-state index in [1.54, 1.807) is 24.3 Å². The minimum Gasteiger partial charge on any atom is -0.458 e. The Balaban J connectivity index is 2.31. The van der Waals surface area contributed by atoms with Crippen LogP contribution in [-0.2, 0) is 9.53 Å². The summed E-state index contributed by atoms with van der Waals surface area (Å²) in [6, 6.07) is 6.81. The summed E-state index contributed by atoms with van der Waals surface area (Å²) >= 11 is 0. The lowest BCUT2D eigenvalue weighted by molar-refractivity contribution is 0.0545. The second-order valence-corrected chi connectivity index (χ2v) is 9.35. The van der Waals surface area contributed by atoms with Crippen molar-refractivity contribution in [1.82, 2.24) is 5.32 Å². The molecule has 5 nitrogen and oxygen atoms in total. The SMILES string of the molecule is CC(C)=CCC/C(C)=C/COC(=O)c1ccccc1C(=O)NCCCCCCCCCCC[C]=O. The minimum atomic E-state index is -0.478. The monoisotopic (exact) mass is 482 g/mol. The fourth-order valence-corrected chi connectivity index (χ4v) is 3.74. The van der Waals surface area contributed by atoms with Gasteiger partial charge in [-0.2, -0.15) is 0 Å². The van der Waals surface area contributed by atoms with Crippen molar-refractivity contribution in [3.05, 3.63) is 58.7 Å². The molecule has 0 aliphatic carbocycles. The van der Waals surface area contributed by atoms with Crippen LogP contribution < -0.4 is 5.32 Å². The number of carbonyl (C=O) groups is 2. The minimum absolute atomic E-state index is 0.201. The van der Waals surface area contributed by atoms with Gasteiger partial charge in [-0.1, -0.05) is 74.3 Å². The van der Waals surface area contributed by atoms with Gasteiger partial charge < -0.3 is 10.1 Å². The molecular weight excluding hydrogens is 438 g/mol. The Bertz CT molecular complexity index is 821. The lowest BCUT2D eigenvalue weighted by Crippen LogP contribution is -2.26. The van der Waals surface area contributed by atoms with Gasteiger partial charge in [-0.05, 0) is 64.7 Å². The summed E-state index contributed by atoms with van der Waals surface area (Å²) in [4.78, 5) is 35.4. The number of ether oxygens (including phenoxy) is 1. The molecule has 0 aliphatic heterocycles. The quantitative estimate of drug-likeness (QED) is 0.128. The highest BCUT2D eigenvalue weighted by molar-refractivity contribution is 6.05. The van der Waals surface area contributed by atoms with Crippen LogP contribution in [0, 0.1) is 0 Å². The summed E-state index contributed by atoms with van der Waals surface area (Å²) < 4.78 is 5.41. The number of hydrogen-bond acceptors (Lipinski definition) is 4. The molecule has 0 aromatic heterocycles. The number of hydrogen-bond donors (Lipinski definition) is 1. The second-order valence-electron chi connectivity index (χ2n) is 9.35. The number of rotatable bonds is 19. The molecule has 0 aliphatic rings. The van der Waals surface area contributed by atoms with E-state index < -0.39 is 5.97 Å². The van der Waals surface area contributed by atoms with Gasteiger partial charge in [0.2, 0.25) is 0 Å². The first kappa shape index (κ1) is 30.3. The molecule has 193 valence electrons. The van der Waals surface area contributed by atoms with Crippen LogP contribution in [-0.4, -0.2) is 31.3 Å². The number of nitrogens with one attached hydrogen (secondary N) is 1. The zero-order valence-corrected chi connectivity index (χ0v) is 22.0. The van der Waals surface area contributed by atoms with Crippen LogP contribution in [0.25, 0.3) is 0 Å². The third-order valence-electron chi connectivity index (χ3n) is 5.87. The van der Waals surface area contributed by atoms with E-state index in [9.17, 15) is 14.4 Å². The number of unbranched alkanes of at least 4 members (excludes halogenated alkanes) is 9. The highest BCUT2D eigenvalue weighted by atomic mass is 16.5. The van der Waals surface area contributed by atoms with E-state index in [-0.39, 0.29) is 12.5 Å². The zero-order chi connectivity index (χ0) is 25.7. The molecule has 1 aromatic carbocycles. The van der Waals surface area contributed by atoms with Gasteiger partial charge in [0.05, 0.1) is 11.1 Å². The van der Waals surface area contributed by atoms with Crippen LogP contribution in [0.15, 0.2) is 47.6 Å². The molecule has 1 aromatic rings. The largest absolute Gasteiger partial charge is 0.458 e. The van der Waals surface area contributed by atoms with Crippen LogP contribution in [0.1, 0.15) is 119 Å². The molecule has 0 saturated heterocycles. The Morgan fingerprint density at radius 1 is 0.857 bits per heavy atom. The third-order valence-corrected chi connectivity index (χ3v) is 5.87. The number of amides is 1. The predicted molar refractivity (Wildman–Crippen MR) is 143 cm³/mol. The Hall–Kier alpha value is -2.69. The average molecular weight is 483 g/mol. The Morgan fingerprint density at radius 3 is 2.09 bits per heavy atom. The molecule has 0 heterocycles. The van der Waals surface area contributed by atoms with Crippen molar-refractivity contribution in [2.24, 2.45) is 0 Å². The summed E-state index contributed by atoms with van der Waals surface area (Å²) in [5.41, 5.74) is 3.13. The summed E-state index contributed by atoms with van der Waals surface area (Å²) in [5.74, 6) is -0.716. The van der Waals surface area contributed by atoms with E-state index in [1.807, 2.05) is 19.3 Å². The maximum absolute atomic E-state index is 12.6. The standard InChI is InChI=1S/C30H44NO4/c1-25(2)17-16-18-26(3)21-24-35-30(34)28-20-13-12-19-27(28)29(33)31-22-14-10-8-6-4-5-7-9-11-15-23-32/h12-13,17,19-21H,4-11,14-16,18,22,24H2,1-3H3,(H,31,33)/b26-21+. The average Bonchev–Trinajstić information content (AvgIpc) is 2.84. The van der Waals surface area contributed by atoms with Gasteiger partial charge in [0.25, 0.3) is 5.91 Å². The highest BCUT2D eigenvalue weighted by Crippen LogP contribution is 2.13. The predicted octanol–water partition coefficient (Wildman–Crippen LogP) is 7.28. The lowest BCUT2D eigenvalue weighted by atomic mass is 10.1. The van der Waals surface area contributed by atoms with Crippen molar-refractivity contribution in [3.63, 3.8) is 0 Å². The fourth-order valence-electron chi connectivity index (χ4n) is 3.74. The fraction of sp³-hybridized carbons (Fsp3) is 0.567. The van der Waals surface area contributed by atoms with Crippen LogP contribution in [0.3, 0.4) is 0 Å². The molecule has 0 fully saturated rings. The van der Waals surface area contributed by atoms with Gasteiger partial charge in [-0.15, -0.1) is 0 Å². The normalized spacial score (nSPS) is 11.1. The molecule has 1 radical (unpaired) electrons. The molecule has 0 unspecified atom stereocenters. The van der Waals surface area contributed by atoms with Crippen molar-refractivity contribution in [2.45, 2.75) is 97.8 Å². The van der Waals surface area contributed by atoms with E-state index in [2.05, 4.69) is 25.2 Å². The number of allylic oxidation sites excluding steroid dienone is 3. The van der Waals surface area contributed by atoms with Crippen LogP contribution in [0.2, 0.25) is 0 Å². The first-order valence-corrected chi connectivity index (χ1v) is 13.1. The van der Waals surface area contributed by atoms with Gasteiger partial charge in [0, 0.05) is 13.0 Å². The van der Waals surface area contributed by atoms with Crippen LogP contribution >= 0.6 is 0 Å². The third kappa shape index (κ3) is 15.0. The summed E-state index contributed by atoms with van der Waals surface area (Å²) in [6.45, 7) is 6.99. The van der Waals surface area contributed by atoms with Crippen LogP contribution in [0.4, 0.5) is 0 Å². The maximum Gasteiger partial charge on any atom is 0.339 e. The number of carbonyl (C=O) groups excluding carboxylic acids is 3. The van der Waals surface area contributed by atoms with Gasteiger partial charge in [-0.3, -0.25) is 9.59 Å². The topological polar surface area (TPSA) is 72.5 Å². The van der Waals surface area contributed by atoms with Crippen molar-refractivity contribution in [3.8, 4) is 0 Å².